The molecule has 5 aliphatic heterocycles. The van der Waals surface area contributed by atoms with Crippen LogP contribution in [0.25, 0.3) is 0 Å². The molecular formula is C75H107Br3N10O9S2. The van der Waals surface area contributed by atoms with Crippen LogP contribution in [0.3, 0.4) is 0 Å². The van der Waals surface area contributed by atoms with Gasteiger partial charge in [-0.3, -0.25) is 29.4 Å². The molecule has 6 N–H and O–H groups in total. The van der Waals surface area contributed by atoms with Crippen molar-refractivity contribution >= 4 is 101 Å². The number of guanidine groups is 1. The number of benzene rings is 3. The number of aliphatic imine (C=N–C) groups is 1. The molecule has 11 aliphatic rings. The standard InChI is InChI=1S/C23H31BrN4O2.C23H30BrN3O2S.C19H22BrNO3S.C6H14N2.C4H10O2/c1-27-11-7-17(8-12-27)28-20(29)23(26-21(28)25)19-13-16(24)4-3-15(19)14-22(23)9-5-18(30-2)6-10-22;1-26-11-7-17(8-12-26)27-20(28)23(25-21(27)30)19-13-16(24)4-3-15(19)14-22(23)9-5-18(29-2)6-10-22;1-3-24-17(22)19(25-12-21)16-10-14(20)5-4-13(16)11-18(19)8-6-15(23-2)7-9-18;1-8-4-2-6(7)3-5-8;1-4(2,3)6-5/h3-4,13,17-18H,5-12,14H2,1-2H3,(H2,25,26);3-4,13,17-18H,5-12,14H2,1-2H3,(H,25,30);4-5,10,15H,3,6-9,11H2,1-2H3;6H,2-5,7H2,1H3;5H,1-3H3. The van der Waals surface area contributed by atoms with Gasteiger partial charge in [0.25, 0.3) is 11.8 Å². The zero-order valence-electron chi connectivity index (χ0n) is 59.9. The summed E-state index contributed by atoms with van der Waals surface area (Å²) in [7, 11) is 11.8. The summed E-state index contributed by atoms with van der Waals surface area (Å²) >= 11 is 17.7. The Hall–Kier alpha value is -3.65. The number of thioether (sulfide) groups is 1. The highest BCUT2D eigenvalue weighted by Crippen LogP contribution is 2.66. The van der Waals surface area contributed by atoms with E-state index in [2.05, 4.69) is 142 Å². The van der Waals surface area contributed by atoms with Gasteiger partial charge in [0.1, 0.15) is 5.40 Å². The third-order valence-electron chi connectivity index (χ3n) is 24.0. The van der Waals surface area contributed by atoms with Crippen LogP contribution in [0, 0.1) is 26.9 Å². The predicted molar refractivity (Wildman–Crippen MR) is 404 cm³/mol. The molecule has 544 valence electrons. The van der Waals surface area contributed by atoms with Crippen LogP contribution >= 0.6 is 71.8 Å². The summed E-state index contributed by atoms with van der Waals surface area (Å²) in [5.41, 5.74) is 16.3. The van der Waals surface area contributed by atoms with Gasteiger partial charge in [0.2, 0.25) is 0 Å². The molecule has 5 spiro atoms. The van der Waals surface area contributed by atoms with E-state index in [4.69, 9.17) is 52.9 Å². The molecule has 3 aromatic rings. The highest BCUT2D eigenvalue weighted by Gasteiger charge is 2.70. The fourth-order valence-electron chi connectivity index (χ4n) is 18.4. The summed E-state index contributed by atoms with van der Waals surface area (Å²) in [5, 5.41) is 24.0. The van der Waals surface area contributed by atoms with Crippen LogP contribution < -0.4 is 16.8 Å². The first-order valence-electron chi connectivity index (χ1n) is 35.9. The number of piperidine rings is 3. The van der Waals surface area contributed by atoms with Gasteiger partial charge in [-0.15, -0.1) is 0 Å². The molecule has 3 atom stereocenters. The lowest BCUT2D eigenvalue weighted by molar-refractivity contribution is -0.306. The zero-order valence-corrected chi connectivity index (χ0v) is 66.3. The lowest BCUT2D eigenvalue weighted by Gasteiger charge is -2.46. The van der Waals surface area contributed by atoms with Crippen LogP contribution in [0.2, 0.25) is 0 Å². The summed E-state index contributed by atoms with van der Waals surface area (Å²) in [6, 6.07) is 19.7. The second kappa shape index (κ2) is 32.4. The van der Waals surface area contributed by atoms with Gasteiger partial charge < -0.3 is 50.4 Å². The molecule has 3 aromatic carbocycles. The van der Waals surface area contributed by atoms with E-state index in [0.29, 0.717) is 23.7 Å². The quantitative estimate of drug-likeness (QED) is 0.0539. The lowest BCUT2D eigenvalue weighted by Crippen LogP contribution is -2.57. The zero-order chi connectivity index (χ0) is 71.5. The second-order valence-corrected chi connectivity index (χ2v) is 34.9. The molecule has 99 heavy (non-hydrogen) atoms. The Bertz CT molecular complexity index is 3410. The van der Waals surface area contributed by atoms with Crippen molar-refractivity contribution in [2.24, 2.45) is 32.7 Å². The molecule has 2 amide bonds. The van der Waals surface area contributed by atoms with E-state index in [1.807, 2.05) is 28.9 Å². The molecule has 0 bridgehead atoms. The van der Waals surface area contributed by atoms with E-state index in [0.717, 1.165) is 196 Å². The average Bonchev–Trinajstić information content (AvgIpc) is 1.54. The summed E-state index contributed by atoms with van der Waals surface area (Å²) in [5.74, 6) is 0.405. The van der Waals surface area contributed by atoms with Crippen LogP contribution in [-0.4, -0.2) is 189 Å². The van der Waals surface area contributed by atoms with E-state index in [1.54, 1.807) is 42.1 Å². The maximum atomic E-state index is 14.3. The fourth-order valence-corrected chi connectivity index (χ4v) is 21.0. The van der Waals surface area contributed by atoms with Gasteiger partial charge in [-0.05, 0) is 317 Å². The van der Waals surface area contributed by atoms with E-state index in [1.165, 1.54) is 37.1 Å². The average molecular weight is 1600 g/mol. The van der Waals surface area contributed by atoms with Crippen LogP contribution in [0.15, 0.2) is 73.0 Å². The Morgan fingerprint density at radius 3 is 1.48 bits per heavy atom. The maximum absolute atomic E-state index is 14.3. The van der Waals surface area contributed by atoms with E-state index in [9.17, 15) is 19.6 Å². The molecule has 7 fully saturated rings. The minimum absolute atomic E-state index is 0.0993. The number of carbonyl (C=O) groups excluding carboxylic acids is 3. The highest BCUT2D eigenvalue weighted by atomic mass is 79.9. The number of nitrogens with zero attached hydrogens (tertiary/aromatic N) is 7. The monoisotopic (exact) mass is 1590 g/mol. The Morgan fingerprint density at radius 2 is 1.04 bits per heavy atom. The first kappa shape index (κ1) is 78.0. The third-order valence-corrected chi connectivity index (χ3v) is 27.0. The first-order chi connectivity index (χ1) is 47.2. The van der Waals surface area contributed by atoms with Crippen LogP contribution in [-0.2, 0) is 73.3 Å². The summed E-state index contributed by atoms with van der Waals surface area (Å²) < 4.78 is 24.3. The maximum Gasteiger partial charge on any atom is 0.328 e. The minimum Gasteiger partial charge on any atom is -0.465 e. The number of likely N-dealkylation sites (tertiary alicyclic amines) is 3. The number of fused-ring (bicyclic) bond motifs is 7. The van der Waals surface area contributed by atoms with E-state index in [-0.39, 0.29) is 64.4 Å². The summed E-state index contributed by atoms with van der Waals surface area (Å²) in [6.07, 6.45) is 20.8. The predicted octanol–water partition coefficient (Wildman–Crippen LogP) is 12.5. The Morgan fingerprint density at radius 1 is 0.646 bits per heavy atom. The van der Waals surface area contributed by atoms with Gasteiger partial charge in [-0.1, -0.05) is 66.0 Å². The molecule has 0 aromatic heterocycles. The van der Waals surface area contributed by atoms with Crippen molar-refractivity contribution in [2.45, 2.75) is 220 Å². The molecule has 24 heteroatoms. The Kier molecular flexibility index (Phi) is 25.5. The number of esters is 1. The van der Waals surface area contributed by atoms with E-state index < -0.39 is 21.4 Å². The minimum atomic E-state index is -0.963. The number of nitrogens with one attached hydrogen (secondary N) is 1. The number of amides is 2. The molecule has 0 radical (unpaired) electrons. The molecule has 19 nitrogen and oxygen atoms in total. The van der Waals surface area contributed by atoms with Crippen LogP contribution in [0.5, 0.6) is 0 Å². The van der Waals surface area contributed by atoms with Crippen molar-refractivity contribution in [3.63, 3.8) is 0 Å². The normalized spacial score (nSPS) is 31.7. The third kappa shape index (κ3) is 15.3. The number of nitrogens with two attached hydrogens (primary N) is 2. The lowest BCUT2D eigenvalue weighted by atomic mass is 9.61. The number of thiocyanates is 1. The van der Waals surface area contributed by atoms with E-state index >= 15 is 0 Å². The van der Waals surface area contributed by atoms with Gasteiger partial charge in [-0.2, -0.15) is 5.26 Å². The summed E-state index contributed by atoms with van der Waals surface area (Å²) in [6.45, 7) is 13.8. The van der Waals surface area contributed by atoms with Crippen molar-refractivity contribution in [3.05, 3.63) is 101 Å². The van der Waals surface area contributed by atoms with Gasteiger partial charge >= 0.3 is 5.97 Å². The Balaban J connectivity index is 0.000000146. The molecule has 5 heterocycles. The number of methoxy groups -OCH3 is 3. The van der Waals surface area contributed by atoms with Gasteiger partial charge in [0, 0.05) is 69.1 Å². The molecule has 3 saturated carbocycles. The van der Waals surface area contributed by atoms with Crippen molar-refractivity contribution < 1.29 is 43.5 Å². The molecule has 6 aliphatic carbocycles. The van der Waals surface area contributed by atoms with Crippen molar-refractivity contribution in [1.29, 1.82) is 5.26 Å². The largest absolute Gasteiger partial charge is 0.465 e. The first-order valence-corrected chi connectivity index (χ1v) is 39.5. The number of ether oxygens (including phenoxy) is 4. The highest BCUT2D eigenvalue weighted by molar-refractivity contribution is 9.11. The number of rotatable bonds is 8. The SMILES string of the molecule is CC(C)(C)OO.CCOC(=O)C1(SC#N)c2cc(Br)ccc2CC12CCC(OC)CC2.CN1CCC(N)CC1.COC1CCC2(CC1)Cc1ccc(Br)cc1C21N=C(N)N(C2CCN(C)CC2)C1=O.COC1CCC2(CC1)Cc1ccc(Br)cc1C21NC(=S)N(C2CCN(C)CC2)C1=O. The Labute approximate surface area is 622 Å². The topological polar surface area (TPSA) is 234 Å². The van der Waals surface area contributed by atoms with Crippen LogP contribution in [0.4, 0.5) is 0 Å². The van der Waals surface area contributed by atoms with Crippen LogP contribution in [0.1, 0.15) is 177 Å². The van der Waals surface area contributed by atoms with Gasteiger partial charge in [0.15, 0.2) is 26.9 Å². The number of carbonyl (C=O) groups is 3. The van der Waals surface area contributed by atoms with Crippen molar-refractivity contribution in [1.82, 2.24) is 29.8 Å². The molecule has 3 unspecified atom stereocenters. The van der Waals surface area contributed by atoms with Crippen molar-refractivity contribution in [2.75, 3.05) is 88.3 Å². The molecule has 14 rings (SSSR count). The number of thiocarbonyl (C=S) groups is 1. The second-order valence-electron chi connectivity index (χ2n) is 30.8. The number of hydrogen-bond donors (Lipinski definition) is 4. The molecule has 4 saturated heterocycles. The van der Waals surface area contributed by atoms with Gasteiger partial charge in [0.05, 0.1) is 30.5 Å². The van der Waals surface area contributed by atoms with Crippen molar-refractivity contribution in [3.8, 4) is 5.40 Å². The number of halogens is 3. The van der Waals surface area contributed by atoms with Gasteiger partial charge in [-0.25, -0.2) is 9.88 Å². The summed E-state index contributed by atoms with van der Waals surface area (Å²) in [4.78, 5) is 61.6. The smallest absolute Gasteiger partial charge is 0.328 e. The number of nitriles is 1. The fraction of sp³-hybridized carbons (Fsp3) is 0.680. The molecular weight excluding hydrogens is 1490 g/mol. The number of hydrogen-bond acceptors (Lipinski definition) is 18.